The molecule has 0 saturated carbocycles. The number of hydrogen-bond donors (Lipinski definition) is 1. The van der Waals surface area contributed by atoms with Gasteiger partial charge in [-0.3, -0.25) is 10.2 Å². The van der Waals surface area contributed by atoms with Crippen LogP contribution in [-0.4, -0.2) is 28.4 Å². The van der Waals surface area contributed by atoms with Crippen LogP contribution in [0.5, 0.6) is 5.75 Å². The maximum atomic E-state index is 12.9. The van der Waals surface area contributed by atoms with E-state index in [0.29, 0.717) is 11.3 Å². The summed E-state index contributed by atoms with van der Waals surface area (Å²) in [4.78, 5) is 12.9. The zero-order chi connectivity index (χ0) is 21.6. The molecule has 154 valence electrons. The van der Waals surface area contributed by atoms with Crippen molar-refractivity contribution in [1.29, 1.82) is 5.41 Å². The molecule has 0 amide bonds. The molecule has 0 aliphatic rings. The van der Waals surface area contributed by atoms with Crippen LogP contribution in [0, 0.1) is 5.41 Å². The first kappa shape index (κ1) is 20.1. The first-order valence-electron chi connectivity index (χ1n) is 9.84. The van der Waals surface area contributed by atoms with Crippen molar-refractivity contribution in [2.75, 3.05) is 7.11 Å². The van der Waals surface area contributed by atoms with E-state index in [4.69, 9.17) is 10.1 Å². The maximum absolute atomic E-state index is 12.9. The third-order valence-corrected chi connectivity index (χ3v) is 4.92. The van der Waals surface area contributed by atoms with E-state index in [1.165, 1.54) is 4.68 Å². The van der Waals surface area contributed by atoms with Gasteiger partial charge in [-0.1, -0.05) is 60.7 Å². The molecule has 0 radical (unpaired) electrons. The standard InChI is InChI=1S/C25H22N4O2/c1-31-22-14-12-21(13-15-22)24(30)18-28-23(20-10-6-3-7-11-20)17-29(25(28)26)27-16-19-8-4-2-5-9-19/h2-17,26H,18H2,1H3/b26-25?,27-16+. The first-order chi connectivity index (χ1) is 15.2. The van der Waals surface area contributed by atoms with Crippen LogP contribution in [0.25, 0.3) is 11.3 Å². The predicted molar refractivity (Wildman–Crippen MR) is 120 cm³/mol. The first-order valence-corrected chi connectivity index (χ1v) is 9.84. The zero-order valence-electron chi connectivity index (χ0n) is 17.1. The van der Waals surface area contributed by atoms with Crippen LogP contribution < -0.4 is 10.4 Å². The minimum absolute atomic E-state index is 0.0310. The number of rotatable bonds is 7. The van der Waals surface area contributed by atoms with E-state index >= 15 is 0 Å². The highest BCUT2D eigenvalue weighted by atomic mass is 16.5. The lowest BCUT2D eigenvalue weighted by molar-refractivity contribution is 0.0970. The Morgan fingerprint density at radius 2 is 1.61 bits per heavy atom. The van der Waals surface area contributed by atoms with Crippen LogP contribution in [0.1, 0.15) is 15.9 Å². The second-order valence-electron chi connectivity index (χ2n) is 6.94. The lowest BCUT2D eigenvalue weighted by Gasteiger charge is -2.08. The predicted octanol–water partition coefficient (Wildman–Crippen LogP) is 4.21. The van der Waals surface area contributed by atoms with Crippen molar-refractivity contribution in [2.45, 2.75) is 6.54 Å². The molecule has 0 aliphatic heterocycles. The number of methoxy groups -OCH3 is 1. The molecule has 0 fully saturated rings. The second kappa shape index (κ2) is 9.09. The maximum Gasteiger partial charge on any atom is 0.224 e. The van der Waals surface area contributed by atoms with Gasteiger partial charge in [0.25, 0.3) is 0 Å². The van der Waals surface area contributed by atoms with E-state index in [9.17, 15) is 4.79 Å². The lowest BCUT2D eigenvalue weighted by Crippen LogP contribution is -2.26. The van der Waals surface area contributed by atoms with Gasteiger partial charge in [-0.05, 0) is 35.4 Å². The number of Topliss-reactive ketones (excluding diaryl/α,β-unsaturated/α-hetero) is 1. The van der Waals surface area contributed by atoms with Gasteiger partial charge < -0.3 is 9.30 Å². The summed E-state index contributed by atoms with van der Waals surface area (Å²) in [7, 11) is 1.59. The molecule has 6 nitrogen and oxygen atoms in total. The Kier molecular flexibility index (Phi) is 5.89. The smallest absolute Gasteiger partial charge is 0.224 e. The molecule has 0 spiro atoms. The molecule has 0 saturated heterocycles. The van der Waals surface area contributed by atoms with Crippen LogP contribution in [0.4, 0.5) is 0 Å². The van der Waals surface area contributed by atoms with Crippen molar-refractivity contribution in [2.24, 2.45) is 5.10 Å². The molecule has 3 aromatic carbocycles. The van der Waals surface area contributed by atoms with E-state index in [2.05, 4.69) is 5.10 Å². The van der Waals surface area contributed by atoms with Crippen molar-refractivity contribution in [1.82, 2.24) is 9.24 Å². The highest BCUT2D eigenvalue weighted by molar-refractivity contribution is 5.96. The summed E-state index contributed by atoms with van der Waals surface area (Å²) in [6, 6.07) is 26.4. The van der Waals surface area contributed by atoms with Crippen LogP contribution >= 0.6 is 0 Å². The molecular formula is C25H22N4O2. The molecule has 4 aromatic rings. The lowest BCUT2D eigenvalue weighted by atomic mass is 10.1. The molecule has 31 heavy (non-hydrogen) atoms. The van der Waals surface area contributed by atoms with Gasteiger partial charge in [0.2, 0.25) is 5.62 Å². The summed E-state index contributed by atoms with van der Waals surface area (Å²) in [6.07, 6.45) is 3.47. The third-order valence-electron chi connectivity index (χ3n) is 4.92. The molecule has 4 rings (SSSR count). The Balaban J connectivity index is 1.71. The zero-order valence-corrected chi connectivity index (χ0v) is 17.1. The number of carbonyl (C=O) groups is 1. The second-order valence-corrected chi connectivity index (χ2v) is 6.94. The monoisotopic (exact) mass is 410 g/mol. The number of aromatic nitrogens is 2. The topological polar surface area (TPSA) is 72.4 Å². The molecule has 1 heterocycles. The minimum atomic E-state index is -0.0943. The van der Waals surface area contributed by atoms with Crippen LogP contribution in [0.3, 0.4) is 0 Å². The van der Waals surface area contributed by atoms with Gasteiger partial charge in [0.05, 0.1) is 31.8 Å². The van der Waals surface area contributed by atoms with Gasteiger partial charge in [0.1, 0.15) is 5.75 Å². The van der Waals surface area contributed by atoms with Gasteiger partial charge in [-0.25, -0.2) is 4.68 Å². The van der Waals surface area contributed by atoms with Crippen LogP contribution in [-0.2, 0) is 6.54 Å². The van der Waals surface area contributed by atoms with Gasteiger partial charge >= 0.3 is 0 Å². The molecule has 0 atom stereocenters. The number of ether oxygens (including phenoxy) is 1. The minimum Gasteiger partial charge on any atom is -0.497 e. The van der Waals surface area contributed by atoms with Gasteiger partial charge in [0, 0.05) is 5.56 Å². The summed E-state index contributed by atoms with van der Waals surface area (Å²) in [5, 5.41) is 13.1. The number of hydrogen-bond acceptors (Lipinski definition) is 4. The summed E-state index contributed by atoms with van der Waals surface area (Å²) < 4.78 is 8.32. The fraction of sp³-hybridized carbons (Fsp3) is 0.0800. The average molecular weight is 410 g/mol. The van der Waals surface area contributed by atoms with Crippen molar-refractivity contribution >= 4 is 12.0 Å². The van der Waals surface area contributed by atoms with Crippen molar-refractivity contribution < 1.29 is 9.53 Å². The molecular weight excluding hydrogens is 388 g/mol. The number of benzene rings is 3. The number of nitrogens with zero attached hydrogens (tertiary/aromatic N) is 3. The van der Waals surface area contributed by atoms with Crippen molar-refractivity contribution in [3.05, 3.63) is 108 Å². The summed E-state index contributed by atoms with van der Waals surface area (Å²) >= 11 is 0. The average Bonchev–Trinajstić information content (AvgIpc) is 3.14. The summed E-state index contributed by atoms with van der Waals surface area (Å²) in [6.45, 7) is 0.0310. The Morgan fingerprint density at radius 1 is 0.968 bits per heavy atom. The summed E-state index contributed by atoms with van der Waals surface area (Å²) in [5.74, 6) is 0.597. The van der Waals surface area contributed by atoms with E-state index in [-0.39, 0.29) is 17.9 Å². The van der Waals surface area contributed by atoms with E-state index in [0.717, 1.165) is 16.8 Å². The fourth-order valence-electron chi connectivity index (χ4n) is 3.25. The Hall–Kier alpha value is -4.19. The van der Waals surface area contributed by atoms with Gasteiger partial charge in [-0.2, -0.15) is 5.10 Å². The highest BCUT2D eigenvalue weighted by Gasteiger charge is 2.15. The Morgan fingerprint density at radius 3 is 2.26 bits per heavy atom. The fourth-order valence-corrected chi connectivity index (χ4v) is 3.25. The number of carbonyl (C=O) groups excluding carboxylic acids is 1. The van der Waals surface area contributed by atoms with E-state index in [1.54, 1.807) is 48.4 Å². The van der Waals surface area contributed by atoms with Gasteiger partial charge in [-0.15, -0.1) is 0 Å². The molecule has 0 unspecified atom stereocenters. The largest absolute Gasteiger partial charge is 0.497 e. The molecule has 0 bridgehead atoms. The van der Waals surface area contributed by atoms with E-state index < -0.39 is 0 Å². The highest BCUT2D eigenvalue weighted by Crippen LogP contribution is 2.19. The van der Waals surface area contributed by atoms with Crippen LogP contribution in [0.2, 0.25) is 0 Å². The Labute approximate surface area is 180 Å². The van der Waals surface area contributed by atoms with Gasteiger partial charge in [0.15, 0.2) is 5.78 Å². The SMILES string of the molecule is COc1ccc(C(=O)Cn2c(-c3ccccc3)cn(/N=C/c3ccccc3)c2=N)cc1. The number of imidazole rings is 1. The quantitative estimate of drug-likeness (QED) is 0.366. The van der Waals surface area contributed by atoms with Crippen LogP contribution in [0.15, 0.2) is 96.2 Å². The number of nitrogens with one attached hydrogen (secondary N) is 1. The molecule has 0 aliphatic carbocycles. The third kappa shape index (κ3) is 4.53. The summed E-state index contributed by atoms with van der Waals surface area (Å²) in [5.41, 5.74) is 3.27. The van der Waals surface area contributed by atoms with Crippen molar-refractivity contribution in [3.63, 3.8) is 0 Å². The normalized spacial score (nSPS) is 11.0. The molecule has 1 aromatic heterocycles. The molecule has 1 N–H and O–H groups in total. The van der Waals surface area contributed by atoms with E-state index in [1.807, 2.05) is 60.7 Å². The Bertz CT molecular complexity index is 1250. The van der Waals surface area contributed by atoms with Crippen molar-refractivity contribution in [3.8, 4) is 17.0 Å². The number of ketones is 1. The molecule has 6 heteroatoms.